The molecule has 0 heterocycles. The number of nitrogens with one attached hydrogen (secondary N) is 2. The zero-order chi connectivity index (χ0) is 10.2. The van der Waals surface area contributed by atoms with Crippen LogP contribution in [0.25, 0.3) is 0 Å². The summed E-state index contributed by atoms with van der Waals surface area (Å²) in [4.78, 5) is 0. The second-order valence-corrected chi connectivity index (χ2v) is 3.20. The van der Waals surface area contributed by atoms with E-state index < -0.39 is 0 Å². The summed E-state index contributed by atoms with van der Waals surface area (Å²) in [5, 5.41) is 6.44. The molecule has 4 heteroatoms. The van der Waals surface area contributed by atoms with Crippen molar-refractivity contribution >= 4 is 23.0 Å². The van der Waals surface area contributed by atoms with E-state index in [0.29, 0.717) is 18.1 Å². The first-order valence-electron chi connectivity index (χ1n) is 4.49. The van der Waals surface area contributed by atoms with Crippen LogP contribution in [0.2, 0.25) is 0 Å². The number of halogens is 1. The van der Waals surface area contributed by atoms with Crippen LogP contribution < -0.4 is 10.6 Å². The van der Waals surface area contributed by atoms with Crippen molar-refractivity contribution in [1.29, 1.82) is 0 Å². The molecule has 0 unspecified atom stereocenters. The minimum atomic E-state index is -0.319. The number of hydrogen-bond acceptors (Lipinski definition) is 1. The van der Waals surface area contributed by atoms with Gasteiger partial charge in [0.15, 0.2) is 5.11 Å². The molecule has 0 saturated carbocycles. The molecule has 76 valence electrons. The van der Waals surface area contributed by atoms with Gasteiger partial charge in [-0.2, -0.15) is 0 Å². The Morgan fingerprint density at radius 1 is 1.29 bits per heavy atom. The summed E-state index contributed by atoms with van der Waals surface area (Å²) in [6.07, 6.45) is 0.483. The number of para-hydroxylation sites is 1. The largest absolute Gasteiger partial charge is 0.362 e. The van der Waals surface area contributed by atoms with Crippen molar-refractivity contribution in [1.82, 2.24) is 5.32 Å². The zero-order valence-corrected chi connectivity index (χ0v) is 8.61. The van der Waals surface area contributed by atoms with Gasteiger partial charge in [-0.1, -0.05) is 18.2 Å². The van der Waals surface area contributed by atoms with Crippen LogP contribution in [0.5, 0.6) is 0 Å². The third kappa shape index (κ3) is 4.18. The number of rotatable bonds is 4. The summed E-state index contributed by atoms with van der Waals surface area (Å²) in [6, 6.07) is 9.62. The lowest BCUT2D eigenvalue weighted by molar-refractivity contribution is 0.472. The highest BCUT2D eigenvalue weighted by atomic mass is 32.1. The normalized spacial score (nSPS) is 9.50. The van der Waals surface area contributed by atoms with Gasteiger partial charge in [-0.05, 0) is 30.8 Å². The predicted molar refractivity (Wildman–Crippen MR) is 61.3 cm³/mol. The molecule has 0 aliphatic carbocycles. The third-order valence-corrected chi connectivity index (χ3v) is 1.87. The summed E-state index contributed by atoms with van der Waals surface area (Å²) in [6.45, 7) is 0.246. The van der Waals surface area contributed by atoms with E-state index in [1.807, 2.05) is 30.3 Å². The fourth-order valence-corrected chi connectivity index (χ4v) is 1.19. The van der Waals surface area contributed by atoms with Crippen molar-refractivity contribution in [3.8, 4) is 0 Å². The molecule has 2 N–H and O–H groups in total. The van der Waals surface area contributed by atoms with Crippen LogP contribution in [0.3, 0.4) is 0 Å². The van der Waals surface area contributed by atoms with E-state index in [2.05, 4.69) is 10.6 Å². The van der Waals surface area contributed by atoms with E-state index >= 15 is 0 Å². The molecule has 0 radical (unpaired) electrons. The summed E-state index contributed by atoms with van der Waals surface area (Å²) >= 11 is 5.00. The standard InChI is InChI=1S/C10H13FN2S/c11-7-4-8-12-10(14)13-9-5-2-1-3-6-9/h1-3,5-6H,4,7-8H2,(H2,12,13,14). The average Bonchev–Trinajstić information content (AvgIpc) is 2.20. The molecule has 0 amide bonds. The first-order chi connectivity index (χ1) is 6.83. The molecular formula is C10H13FN2S. The van der Waals surface area contributed by atoms with Crippen molar-refractivity contribution in [3.05, 3.63) is 30.3 Å². The van der Waals surface area contributed by atoms with Crippen molar-refractivity contribution < 1.29 is 4.39 Å². The molecule has 0 spiro atoms. The predicted octanol–water partition coefficient (Wildman–Crippen LogP) is 2.33. The Morgan fingerprint density at radius 2 is 2.00 bits per heavy atom. The third-order valence-electron chi connectivity index (χ3n) is 1.63. The highest BCUT2D eigenvalue weighted by Crippen LogP contribution is 2.04. The second kappa shape index (κ2) is 6.32. The molecule has 0 aromatic heterocycles. The van der Waals surface area contributed by atoms with E-state index in [4.69, 9.17) is 12.2 Å². The van der Waals surface area contributed by atoms with Crippen molar-refractivity contribution in [2.45, 2.75) is 6.42 Å². The molecule has 1 rings (SSSR count). The van der Waals surface area contributed by atoms with E-state index in [1.165, 1.54) is 0 Å². The SMILES string of the molecule is FCCCNC(=S)Nc1ccccc1. The molecule has 0 atom stereocenters. The number of anilines is 1. The lowest BCUT2D eigenvalue weighted by atomic mass is 10.3. The fraction of sp³-hybridized carbons (Fsp3) is 0.300. The highest BCUT2D eigenvalue weighted by molar-refractivity contribution is 7.80. The molecule has 1 aromatic rings. The Balaban J connectivity index is 2.27. The van der Waals surface area contributed by atoms with Gasteiger partial charge in [0.1, 0.15) is 0 Å². The Hall–Kier alpha value is -1.16. The first kappa shape index (κ1) is 10.9. The van der Waals surface area contributed by atoms with Gasteiger partial charge in [0, 0.05) is 12.2 Å². The monoisotopic (exact) mass is 212 g/mol. The molecule has 1 aromatic carbocycles. The van der Waals surface area contributed by atoms with Gasteiger partial charge >= 0.3 is 0 Å². The van der Waals surface area contributed by atoms with Gasteiger partial charge in [0.2, 0.25) is 0 Å². The summed E-state index contributed by atoms with van der Waals surface area (Å²) in [5.74, 6) is 0. The zero-order valence-electron chi connectivity index (χ0n) is 7.79. The van der Waals surface area contributed by atoms with E-state index in [-0.39, 0.29) is 6.67 Å². The van der Waals surface area contributed by atoms with E-state index in [0.717, 1.165) is 5.69 Å². The highest BCUT2D eigenvalue weighted by Gasteiger charge is 1.94. The average molecular weight is 212 g/mol. The van der Waals surface area contributed by atoms with Crippen LogP contribution in [0.1, 0.15) is 6.42 Å². The van der Waals surface area contributed by atoms with Gasteiger partial charge in [-0.3, -0.25) is 4.39 Å². The van der Waals surface area contributed by atoms with Crippen molar-refractivity contribution in [2.75, 3.05) is 18.5 Å². The number of alkyl halides is 1. The maximum Gasteiger partial charge on any atom is 0.170 e. The minimum Gasteiger partial charge on any atom is -0.362 e. The molecule has 0 fully saturated rings. The summed E-state index contributed by atoms with van der Waals surface area (Å²) < 4.78 is 11.8. The van der Waals surface area contributed by atoms with Gasteiger partial charge < -0.3 is 10.6 Å². The lowest BCUT2D eigenvalue weighted by Gasteiger charge is -2.09. The Bertz CT molecular complexity index is 277. The molecule has 0 bridgehead atoms. The fourth-order valence-electron chi connectivity index (χ4n) is 0.966. The van der Waals surface area contributed by atoms with Crippen molar-refractivity contribution in [2.24, 2.45) is 0 Å². The van der Waals surface area contributed by atoms with E-state index in [9.17, 15) is 4.39 Å². The molecule has 0 aliphatic rings. The maximum atomic E-state index is 11.8. The van der Waals surface area contributed by atoms with Crippen LogP contribution in [-0.4, -0.2) is 18.3 Å². The summed E-state index contributed by atoms with van der Waals surface area (Å²) in [7, 11) is 0. The van der Waals surface area contributed by atoms with Crippen LogP contribution in [0.15, 0.2) is 30.3 Å². The lowest BCUT2D eigenvalue weighted by Crippen LogP contribution is -2.29. The molecule has 0 aliphatic heterocycles. The van der Waals surface area contributed by atoms with Gasteiger partial charge in [-0.25, -0.2) is 0 Å². The Kier molecular flexibility index (Phi) is 4.93. The molecule has 0 saturated heterocycles. The minimum absolute atomic E-state index is 0.319. The van der Waals surface area contributed by atoms with Gasteiger partial charge in [0.25, 0.3) is 0 Å². The van der Waals surface area contributed by atoms with E-state index in [1.54, 1.807) is 0 Å². The van der Waals surface area contributed by atoms with Gasteiger partial charge in [0.05, 0.1) is 6.67 Å². The maximum absolute atomic E-state index is 11.8. The van der Waals surface area contributed by atoms with Crippen LogP contribution in [0.4, 0.5) is 10.1 Å². The number of benzene rings is 1. The van der Waals surface area contributed by atoms with Crippen LogP contribution in [-0.2, 0) is 0 Å². The Labute approximate surface area is 88.5 Å². The quantitative estimate of drug-likeness (QED) is 0.591. The smallest absolute Gasteiger partial charge is 0.170 e. The first-order valence-corrected chi connectivity index (χ1v) is 4.89. The molecule has 14 heavy (non-hydrogen) atoms. The van der Waals surface area contributed by atoms with Gasteiger partial charge in [-0.15, -0.1) is 0 Å². The van der Waals surface area contributed by atoms with Crippen LogP contribution >= 0.6 is 12.2 Å². The second-order valence-electron chi connectivity index (χ2n) is 2.79. The molecule has 2 nitrogen and oxygen atoms in total. The summed E-state index contributed by atoms with van der Waals surface area (Å²) in [5.41, 5.74) is 0.935. The molecular weight excluding hydrogens is 199 g/mol. The van der Waals surface area contributed by atoms with Crippen molar-refractivity contribution in [3.63, 3.8) is 0 Å². The topological polar surface area (TPSA) is 24.1 Å². The Morgan fingerprint density at radius 3 is 2.64 bits per heavy atom. The van der Waals surface area contributed by atoms with Crippen LogP contribution in [0, 0.1) is 0 Å². The number of thiocarbonyl (C=S) groups is 1. The number of hydrogen-bond donors (Lipinski definition) is 2.